The van der Waals surface area contributed by atoms with Gasteiger partial charge in [-0.05, 0) is 29.5 Å². The molecule has 0 aromatic carbocycles. The van der Waals surface area contributed by atoms with Crippen LogP contribution in [0.4, 0.5) is 13.2 Å². The van der Waals surface area contributed by atoms with Crippen LogP contribution in [0.3, 0.4) is 0 Å². The Morgan fingerprint density at radius 1 is 1.47 bits per heavy atom. The Bertz CT molecular complexity index is 523. The van der Waals surface area contributed by atoms with Crippen LogP contribution >= 0.6 is 22.6 Å². The molecular weight excluding hydrogens is 376 g/mol. The van der Waals surface area contributed by atoms with Gasteiger partial charge in [0.05, 0.1) is 12.9 Å². The van der Waals surface area contributed by atoms with E-state index in [-0.39, 0.29) is 20.1 Å². The molecule has 0 atom stereocenters. The van der Waals surface area contributed by atoms with Crippen LogP contribution in [-0.2, 0) is 16.2 Å². The number of ether oxygens (including phenoxy) is 1. The van der Waals surface area contributed by atoms with E-state index in [1.807, 2.05) is 0 Å². The number of alkyl halides is 3. The lowest BCUT2D eigenvalue weighted by Crippen LogP contribution is -2.21. The molecule has 1 heterocycles. The van der Waals surface area contributed by atoms with E-state index in [9.17, 15) is 21.6 Å². The van der Waals surface area contributed by atoms with Crippen molar-refractivity contribution in [1.29, 1.82) is 0 Å². The molecule has 0 unspecified atom stereocenters. The Balaban J connectivity index is 3.55. The summed E-state index contributed by atoms with van der Waals surface area (Å²) in [6, 6.07) is 0. The quantitative estimate of drug-likeness (QED) is 0.745. The zero-order valence-corrected chi connectivity index (χ0v) is 11.7. The third-order valence-electron chi connectivity index (χ3n) is 1.63. The summed E-state index contributed by atoms with van der Waals surface area (Å²) >= 11 is 1.36. The smallest absolute Gasteiger partial charge is 0.435 e. The van der Waals surface area contributed by atoms with E-state index in [1.54, 1.807) is 6.92 Å². The predicted octanol–water partition coefficient (Wildman–Crippen LogP) is 1.71. The van der Waals surface area contributed by atoms with Gasteiger partial charge in [0.15, 0.2) is 5.69 Å². The van der Waals surface area contributed by atoms with Crippen LogP contribution in [0.1, 0.15) is 12.6 Å². The van der Waals surface area contributed by atoms with Crippen molar-refractivity contribution in [3.8, 4) is 5.88 Å². The second kappa shape index (κ2) is 4.63. The van der Waals surface area contributed by atoms with Crippen molar-refractivity contribution in [1.82, 2.24) is 9.19 Å². The molecule has 0 aliphatic heterocycles. The van der Waals surface area contributed by atoms with Crippen molar-refractivity contribution >= 4 is 32.6 Å². The summed E-state index contributed by atoms with van der Waals surface area (Å²) in [5.74, 6) is -0.342. The molecule has 0 radical (unpaired) electrons. The standard InChI is InChI=1S/C7H8F3IN2O3S/c1-3-16-6-4(11)5(7(8,9)10)13(12-6)17(2,14)15/h3H2,1-2H3. The van der Waals surface area contributed by atoms with Gasteiger partial charge >= 0.3 is 6.18 Å². The largest absolute Gasteiger partial charge is 0.476 e. The van der Waals surface area contributed by atoms with Crippen LogP contribution in [-0.4, -0.2) is 30.5 Å². The summed E-state index contributed by atoms with van der Waals surface area (Å²) in [6.07, 6.45) is -4.18. The predicted molar refractivity (Wildman–Crippen MR) is 61.4 cm³/mol. The second-order valence-corrected chi connectivity index (χ2v) is 5.90. The minimum atomic E-state index is -4.82. The number of aromatic nitrogens is 2. The summed E-state index contributed by atoms with van der Waals surface area (Å²) in [4.78, 5) is 0. The molecule has 0 N–H and O–H groups in total. The maximum atomic E-state index is 12.7. The van der Waals surface area contributed by atoms with Crippen LogP contribution in [0.15, 0.2) is 0 Å². The van der Waals surface area contributed by atoms with Crippen LogP contribution < -0.4 is 4.74 Å². The molecule has 17 heavy (non-hydrogen) atoms. The average molecular weight is 384 g/mol. The molecule has 1 rings (SSSR count). The van der Waals surface area contributed by atoms with Gasteiger partial charge in [-0.15, -0.1) is 9.19 Å². The highest BCUT2D eigenvalue weighted by Gasteiger charge is 2.42. The Labute approximate surface area is 109 Å². The van der Waals surface area contributed by atoms with Gasteiger partial charge in [-0.2, -0.15) is 13.2 Å². The normalized spacial score (nSPS) is 12.8. The summed E-state index contributed by atoms with van der Waals surface area (Å²) in [7, 11) is -4.14. The number of halogens is 4. The zero-order valence-electron chi connectivity index (χ0n) is 8.75. The van der Waals surface area contributed by atoms with E-state index in [0.717, 1.165) is 0 Å². The number of rotatable bonds is 3. The minimum absolute atomic E-state index is 0.0558. The highest BCUT2D eigenvalue weighted by Crippen LogP contribution is 2.37. The van der Waals surface area contributed by atoms with Crippen molar-refractivity contribution in [3.63, 3.8) is 0 Å². The van der Waals surface area contributed by atoms with Gasteiger partial charge in [0.2, 0.25) is 5.88 Å². The lowest BCUT2D eigenvalue weighted by atomic mass is 10.4. The van der Waals surface area contributed by atoms with E-state index in [2.05, 4.69) is 5.10 Å². The molecule has 0 fully saturated rings. The van der Waals surface area contributed by atoms with E-state index in [4.69, 9.17) is 4.74 Å². The van der Waals surface area contributed by atoms with Crippen LogP contribution in [0, 0.1) is 3.57 Å². The molecule has 0 amide bonds. The van der Waals surface area contributed by atoms with E-state index in [1.165, 1.54) is 22.6 Å². The third kappa shape index (κ3) is 3.03. The Morgan fingerprint density at radius 2 is 2.00 bits per heavy atom. The monoisotopic (exact) mass is 384 g/mol. The molecule has 98 valence electrons. The lowest BCUT2D eigenvalue weighted by molar-refractivity contribution is -0.142. The van der Waals surface area contributed by atoms with Crippen LogP contribution in [0.25, 0.3) is 0 Å². The van der Waals surface area contributed by atoms with Crippen molar-refractivity contribution in [2.24, 2.45) is 0 Å². The Kier molecular flexibility index (Phi) is 3.96. The van der Waals surface area contributed by atoms with E-state index >= 15 is 0 Å². The van der Waals surface area contributed by atoms with Gasteiger partial charge in [-0.3, -0.25) is 0 Å². The van der Waals surface area contributed by atoms with Crippen molar-refractivity contribution in [2.75, 3.05) is 12.9 Å². The molecule has 0 bridgehead atoms. The van der Waals surface area contributed by atoms with Gasteiger partial charge in [0, 0.05) is 0 Å². The molecular formula is C7H8F3IN2O3S. The molecule has 10 heteroatoms. The van der Waals surface area contributed by atoms with E-state index in [0.29, 0.717) is 6.26 Å². The van der Waals surface area contributed by atoms with Crippen LogP contribution in [0.5, 0.6) is 5.88 Å². The van der Waals surface area contributed by atoms with Crippen molar-refractivity contribution < 1.29 is 26.3 Å². The molecule has 0 aliphatic rings. The van der Waals surface area contributed by atoms with Gasteiger partial charge in [-0.25, -0.2) is 8.42 Å². The highest BCUT2D eigenvalue weighted by atomic mass is 127. The molecule has 1 aromatic rings. The molecule has 0 saturated carbocycles. The second-order valence-electron chi connectivity index (χ2n) is 3.00. The summed E-state index contributed by atoms with van der Waals surface area (Å²) in [6.45, 7) is 1.65. The molecule has 0 spiro atoms. The maximum Gasteiger partial charge on any atom is 0.435 e. The Hall–Kier alpha value is -0.520. The zero-order chi connectivity index (χ0) is 13.4. The SMILES string of the molecule is CCOc1nn(S(C)(=O)=O)c(C(F)(F)F)c1I. The van der Waals surface area contributed by atoms with Gasteiger partial charge in [0.25, 0.3) is 10.0 Å². The third-order valence-corrected chi connectivity index (χ3v) is 3.50. The first kappa shape index (κ1) is 14.5. The highest BCUT2D eigenvalue weighted by molar-refractivity contribution is 14.1. The topological polar surface area (TPSA) is 61.2 Å². The molecule has 0 saturated heterocycles. The van der Waals surface area contributed by atoms with Gasteiger partial charge < -0.3 is 4.74 Å². The fraction of sp³-hybridized carbons (Fsp3) is 0.571. The first-order chi connectivity index (χ1) is 7.59. The molecule has 1 aromatic heterocycles. The van der Waals surface area contributed by atoms with Crippen LogP contribution in [0.2, 0.25) is 0 Å². The average Bonchev–Trinajstić information content (AvgIpc) is 2.43. The first-order valence-corrected chi connectivity index (χ1v) is 7.20. The summed E-state index contributed by atoms with van der Waals surface area (Å²) in [5.41, 5.74) is -1.34. The lowest BCUT2D eigenvalue weighted by Gasteiger charge is -2.08. The number of nitrogens with zero attached hydrogens (tertiary/aromatic N) is 2. The first-order valence-electron chi connectivity index (χ1n) is 4.28. The van der Waals surface area contributed by atoms with Gasteiger partial charge in [0.1, 0.15) is 3.57 Å². The number of hydrogen-bond acceptors (Lipinski definition) is 4. The van der Waals surface area contributed by atoms with Crippen molar-refractivity contribution in [2.45, 2.75) is 13.1 Å². The number of hydrogen-bond donors (Lipinski definition) is 0. The summed E-state index contributed by atoms with van der Waals surface area (Å²) in [5, 5.41) is 3.32. The Morgan fingerprint density at radius 3 is 2.29 bits per heavy atom. The summed E-state index contributed by atoms with van der Waals surface area (Å²) < 4.78 is 65.0. The fourth-order valence-corrected chi connectivity index (χ4v) is 2.77. The van der Waals surface area contributed by atoms with Crippen molar-refractivity contribution in [3.05, 3.63) is 9.26 Å². The van der Waals surface area contributed by atoms with E-state index < -0.39 is 21.9 Å². The fourth-order valence-electron chi connectivity index (χ4n) is 1.06. The maximum absolute atomic E-state index is 12.7. The van der Waals surface area contributed by atoms with Gasteiger partial charge in [-0.1, -0.05) is 0 Å². The molecule has 0 aliphatic carbocycles. The minimum Gasteiger partial charge on any atom is -0.476 e. The molecule has 5 nitrogen and oxygen atoms in total.